The number of likely N-dealkylation sites (tertiary alicyclic amines) is 1. The van der Waals surface area contributed by atoms with E-state index in [4.69, 9.17) is 0 Å². The van der Waals surface area contributed by atoms with Crippen LogP contribution in [0.15, 0.2) is 28.7 Å². The minimum absolute atomic E-state index is 0.492. The summed E-state index contributed by atoms with van der Waals surface area (Å²) in [5, 5.41) is 3.69. The minimum atomic E-state index is 0.492. The summed E-state index contributed by atoms with van der Waals surface area (Å²) in [4.78, 5) is 2.59. The predicted molar refractivity (Wildman–Crippen MR) is 85.5 cm³/mol. The summed E-state index contributed by atoms with van der Waals surface area (Å²) in [6.07, 6.45) is 5.19. The smallest absolute Gasteiger partial charge is 0.0317 e. The van der Waals surface area contributed by atoms with Crippen LogP contribution in [-0.4, -0.2) is 31.1 Å². The Hall–Kier alpha value is -0.380. The van der Waals surface area contributed by atoms with Crippen molar-refractivity contribution in [1.29, 1.82) is 0 Å². The van der Waals surface area contributed by atoms with E-state index in [1.54, 1.807) is 0 Å². The molecule has 0 amide bonds. The lowest BCUT2D eigenvalue weighted by atomic mass is 10.0. The number of nitrogens with zero attached hydrogens (tertiary/aromatic N) is 1. The average Bonchev–Trinajstić information content (AvgIpc) is 2.93. The number of hydrogen-bond acceptors (Lipinski definition) is 2. The van der Waals surface area contributed by atoms with Crippen molar-refractivity contribution < 1.29 is 0 Å². The van der Waals surface area contributed by atoms with E-state index in [9.17, 15) is 0 Å². The summed E-state index contributed by atoms with van der Waals surface area (Å²) < 4.78 is 1.15. The van der Waals surface area contributed by atoms with Gasteiger partial charge in [0, 0.05) is 10.5 Å². The first-order chi connectivity index (χ1) is 9.29. The third-order valence-electron chi connectivity index (χ3n) is 3.92. The van der Waals surface area contributed by atoms with Crippen LogP contribution >= 0.6 is 15.9 Å². The van der Waals surface area contributed by atoms with Crippen molar-refractivity contribution in [3.63, 3.8) is 0 Å². The van der Waals surface area contributed by atoms with Crippen molar-refractivity contribution >= 4 is 15.9 Å². The Labute approximate surface area is 125 Å². The normalized spacial score (nSPS) is 17.8. The lowest BCUT2D eigenvalue weighted by molar-refractivity contribution is 0.327. The second-order valence-electron chi connectivity index (χ2n) is 5.37. The average molecular weight is 325 g/mol. The Morgan fingerprint density at radius 3 is 2.53 bits per heavy atom. The van der Waals surface area contributed by atoms with Gasteiger partial charge in [-0.2, -0.15) is 0 Å². The molecule has 0 spiro atoms. The summed E-state index contributed by atoms with van der Waals surface area (Å²) in [7, 11) is 0. The molecular weight excluding hydrogens is 300 g/mol. The number of benzene rings is 1. The zero-order valence-electron chi connectivity index (χ0n) is 11.9. The zero-order valence-corrected chi connectivity index (χ0v) is 13.5. The van der Waals surface area contributed by atoms with Gasteiger partial charge >= 0.3 is 0 Å². The van der Waals surface area contributed by atoms with E-state index in [1.807, 2.05) is 0 Å². The molecule has 2 nitrogen and oxygen atoms in total. The molecule has 1 aliphatic rings. The number of hydrogen-bond donors (Lipinski definition) is 1. The van der Waals surface area contributed by atoms with Crippen molar-refractivity contribution in [3.8, 4) is 0 Å². The summed E-state index contributed by atoms with van der Waals surface area (Å²) in [5.41, 5.74) is 1.40. The van der Waals surface area contributed by atoms with Gasteiger partial charge < -0.3 is 10.2 Å². The first-order valence-corrected chi connectivity index (χ1v) is 8.30. The minimum Gasteiger partial charge on any atom is -0.310 e. The third kappa shape index (κ3) is 4.90. The Kier molecular flexibility index (Phi) is 6.35. The van der Waals surface area contributed by atoms with Crippen LogP contribution < -0.4 is 5.32 Å². The lowest BCUT2D eigenvalue weighted by Crippen LogP contribution is -2.27. The van der Waals surface area contributed by atoms with Crippen molar-refractivity contribution in [3.05, 3.63) is 34.3 Å². The lowest BCUT2D eigenvalue weighted by Gasteiger charge is -2.19. The van der Waals surface area contributed by atoms with E-state index in [1.165, 1.54) is 44.5 Å². The summed E-state index contributed by atoms with van der Waals surface area (Å²) in [5.74, 6) is 0. The van der Waals surface area contributed by atoms with Crippen LogP contribution in [-0.2, 0) is 0 Å². The van der Waals surface area contributed by atoms with Crippen LogP contribution in [0.4, 0.5) is 0 Å². The summed E-state index contributed by atoms with van der Waals surface area (Å²) in [6, 6.07) is 9.18. The van der Waals surface area contributed by atoms with Gasteiger partial charge in [-0.25, -0.2) is 0 Å². The topological polar surface area (TPSA) is 15.3 Å². The highest BCUT2D eigenvalue weighted by atomic mass is 79.9. The second-order valence-corrected chi connectivity index (χ2v) is 6.28. The number of nitrogens with one attached hydrogen (secondary N) is 1. The third-order valence-corrected chi connectivity index (χ3v) is 4.45. The van der Waals surface area contributed by atoms with Crippen molar-refractivity contribution in [2.75, 3.05) is 26.2 Å². The predicted octanol–water partition coefficient (Wildman–Crippen LogP) is 3.98. The van der Waals surface area contributed by atoms with Crippen LogP contribution in [0.25, 0.3) is 0 Å². The van der Waals surface area contributed by atoms with Crippen molar-refractivity contribution in [2.45, 2.75) is 38.6 Å². The van der Waals surface area contributed by atoms with Gasteiger partial charge in [0.15, 0.2) is 0 Å². The Bertz CT molecular complexity index is 358. The van der Waals surface area contributed by atoms with Gasteiger partial charge in [-0.3, -0.25) is 0 Å². The Morgan fingerprint density at radius 1 is 1.21 bits per heavy atom. The van der Waals surface area contributed by atoms with Gasteiger partial charge in [-0.1, -0.05) is 35.0 Å². The molecule has 3 heteroatoms. The largest absolute Gasteiger partial charge is 0.310 e. The maximum Gasteiger partial charge on any atom is 0.0317 e. The SMILES string of the molecule is CCC(NCCCN1CCCC1)c1ccc(Br)cc1. The molecular formula is C16H25BrN2. The van der Waals surface area contributed by atoms with E-state index in [0.29, 0.717) is 6.04 Å². The zero-order chi connectivity index (χ0) is 13.5. The summed E-state index contributed by atoms with van der Waals surface area (Å²) >= 11 is 3.49. The molecule has 106 valence electrons. The molecule has 0 aliphatic carbocycles. The fourth-order valence-corrected chi connectivity index (χ4v) is 3.04. The van der Waals surface area contributed by atoms with E-state index in [2.05, 4.69) is 57.3 Å². The highest BCUT2D eigenvalue weighted by Crippen LogP contribution is 2.19. The van der Waals surface area contributed by atoms with Crippen LogP contribution in [0.1, 0.15) is 44.2 Å². The number of halogens is 1. The molecule has 0 saturated carbocycles. The molecule has 0 bridgehead atoms. The second kappa shape index (κ2) is 8.03. The molecule has 1 aliphatic heterocycles. The van der Waals surface area contributed by atoms with E-state index in [0.717, 1.165) is 17.4 Å². The van der Waals surface area contributed by atoms with Gasteiger partial charge in [-0.15, -0.1) is 0 Å². The van der Waals surface area contributed by atoms with Crippen LogP contribution in [0, 0.1) is 0 Å². The maximum atomic E-state index is 3.69. The van der Waals surface area contributed by atoms with Gasteiger partial charge in [0.05, 0.1) is 0 Å². The van der Waals surface area contributed by atoms with Crippen LogP contribution in [0.3, 0.4) is 0 Å². The molecule has 1 fully saturated rings. The van der Waals surface area contributed by atoms with Crippen LogP contribution in [0.2, 0.25) is 0 Å². The highest BCUT2D eigenvalue weighted by Gasteiger charge is 2.11. The van der Waals surface area contributed by atoms with Crippen molar-refractivity contribution in [2.24, 2.45) is 0 Å². The van der Waals surface area contributed by atoms with Gasteiger partial charge in [0.2, 0.25) is 0 Å². The standard InChI is InChI=1S/C16H25BrN2/c1-2-16(14-6-8-15(17)9-7-14)18-10-5-13-19-11-3-4-12-19/h6-9,16,18H,2-5,10-13H2,1H3. The molecule has 1 aromatic rings. The van der Waals surface area contributed by atoms with Gasteiger partial charge in [0.1, 0.15) is 0 Å². The highest BCUT2D eigenvalue weighted by molar-refractivity contribution is 9.10. The molecule has 1 aromatic carbocycles. The fourth-order valence-electron chi connectivity index (χ4n) is 2.78. The number of rotatable bonds is 7. The summed E-state index contributed by atoms with van der Waals surface area (Å²) in [6.45, 7) is 7.24. The Balaban J connectivity index is 1.71. The molecule has 1 heterocycles. The molecule has 0 radical (unpaired) electrons. The first kappa shape index (κ1) is 15.0. The first-order valence-electron chi connectivity index (χ1n) is 7.51. The van der Waals surface area contributed by atoms with E-state index < -0.39 is 0 Å². The quantitative estimate of drug-likeness (QED) is 0.763. The molecule has 1 N–H and O–H groups in total. The van der Waals surface area contributed by atoms with E-state index in [-0.39, 0.29) is 0 Å². The van der Waals surface area contributed by atoms with Crippen molar-refractivity contribution in [1.82, 2.24) is 10.2 Å². The maximum absolute atomic E-state index is 3.69. The Morgan fingerprint density at radius 2 is 1.89 bits per heavy atom. The van der Waals surface area contributed by atoms with E-state index >= 15 is 0 Å². The molecule has 1 atom stereocenters. The molecule has 1 unspecified atom stereocenters. The van der Waals surface area contributed by atoms with Gasteiger partial charge in [0.25, 0.3) is 0 Å². The van der Waals surface area contributed by atoms with Gasteiger partial charge in [-0.05, 0) is 69.6 Å². The fraction of sp³-hybridized carbons (Fsp3) is 0.625. The molecule has 2 rings (SSSR count). The monoisotopic (exact) mass is 324 g/mol. The van der Waals surface area contributed by atoms with Crippen LogP contribution in [0.5, 0.6) is 0 Å². The molecule has 1 saturated heterocycles. The molecule has 0 aromatic heterocycles. The molecule has 19 heavy (non-hydrogen) atoms.